The molecule has 6 rings (SSSR count). The third kappa shape index (κ3) is 21.8. The van der Waals surface area contributed by atoms with Gasteiger partial charge in [0.05, 0.1) is 24.9 Å². The molecule has 32 nitrogen and oxygen atoms in total. The number of carboxylic acid groups (broad SMARTS) is 1. The quantitative estimate of drug-likeness (QED) is 0.0117. The highest BCUT2D eigenvalue weighted by atomic mass is 16.4. The number of likely N-dealkylation sites (tertiary alicyclic amines) is 2. The fourth-order valence-electron chi connectivity index (χ4n) is 11.5. The molecule has 2 saturated heterocycles. The van der Waals surface area contributed by atoms with E-state index in [2.05, 4.69) is 57.2 Å². The van der Waals surface area contributed by atoms with E-state index in [0.29, 0.717) is 59.8 Å². The van der Waals surface area contributed by atoms with Crippen molar-refractivity contribution in [3.05, 3.63) is 90.1 Å². The average molecular weight is 1310 g/mol. The second kappa shape index (κ2) is 36.6. The number of H-pyrrole nitrogens is 2. The monoisotopic (exact) mass is 1310 g/mol. The maximum absolute atomic E-state index is 15.0. The van der Waals surface area contributed by atoms with Gasteiger partial charge in [0.25, 0.3) is 0 Å². The van der Waals surface area contributed by atoms with Crippen molar-refractivity contribution in [3.8, 4) is 0 Å². The number of aromatic nitrogens is 3. The first kappa shape index (κ1) is 73.5. The zero-order chi connectivity index (χ0) is 68.4. The Kier molecular flexibility index (Phi) is 28.7. The fraction of sp³-hybridized carbons (Fsp3) is 0.532. The van der Waals surface area contributed by atoms with Crippen LogP contribution in [0.25, 0.3) is 10.9 Å². The maximum Gasteiger partial charge on any atom is 0.326 e. The van der Waals surface area contributed by atoms with Crippen LogP contribution in [-0.4, -0.2) is 205 Å². The number of nitrogens with two attached hydrogens (primary N) is 6. The van der Waals surface area contributed by atoms with Gasteiger partial charge in [-0.3, -0.25) is 52.9 Å². The van der Waals surface area contributed by atoms with E-state index >= 15 is 0 Å². The lowest BCUT2D eigenvalue weighted by Crippen LogP contribution is -2.62. The molecule has 2 aromatic heterocycles. The number of imidazole rings is 1. The van der Waals surface area contributed by atoms with E-state index in [0.717, 1.165) is 0 Å². The third-order valence-electron chi connectivity index (χ3n) is 16.4. The van der Waals surface area contributed by atoms with Gasteiger partial charge >= 0.3 is 5.97 Å². The number of carboxylic acids is 1. The minimum absolute atomic E-state index is 0.0201. The zero-order valence-electron chi connectivity index (χ0n) is 52.8. The molecule has 2 fully saturated rings. The number of aromatic amines is 2. The molecule has 2 aliphatic heterocycles. The number of carbonyl (C=O) groups excluding carboxylic acids is 10. The molecule has 4 heterocycles. The second-order valence-corrected chi connectivity index (χ2v) is 23.6. The van der Waals surface area contributed by atoms with Crippen LogP contribution < -0.4 is 71.6 Å². The Labute approximate surface area is 543 Å². The Morgan fingerprint density at radius 3 is 1.69 bits per heavy atom. The largest absolute Gasteiger partial charge is 0.480 e. The molecular formula is C62H91N19O13. The first-order valence-electron chi connectivity index (χ1n) is 31.7. The Morgan fingerprint density at radius 2 is 1.15 bits per heavy atom. The van der Waals surface area contributed by atoms with Crippen LogP contribution >= 0.6 is 0 Å². The van der Waals surface area contributed by atoms with Gasteiger partial charge < -0.3 is 102 Å². The molecule has 0 aliphatic carbocycles. The van der Waals surface area contributed by atoms with Crippen LogP contribution in [0.4, 0.5) is 0 Å². The van der Waals surface area contributed by atoms with Crippen LogP contribution in [0.5, 0.6) is 0 Å². The Morgan fingerprint density at radius 1 is 0.617 bits per heavy atom. The van der Waals surface area contributed by atoms with Crippen molar-refractivity contribution in [1.29, 1.82) is 0 Å². The van der Waals surface area contributed by atoms with E-state index in [1.165, 1.54) is 29.2 Å². The van der Waals surface area contributed by atoms with E-state index in [1.807, 2.05) is 0 Å². The van der Waals surface area contributed by atoms with Gasteiger partial charge in [-0.1, -0.05) is 48.5 Å². The molecule has 512 valence electrons. The van der Waals surface area contributed by atoms with Gasteiger partial charge in [-0.15, -0.1) is 0 Å². The number of hydrogen-bond acceptors (Lipinski definition) is 17. The van der Waals surface area contributed by atoms with Crippen LogP contribution in [-0.2, 0) is 72.0 Å². The number of aliphatic imine (C=N–C) groups is 1. The van der Waals surface area contributed by atoms with Crippen molar-refractivity contribution >= 4 is 81.9 Å². The number of unbranched alkanes of at least 4 members (excludes halogenated alkanes) is 2. The standard InChI is InChI=1S/C62H91N19O13/c1-35(82)51(79-57(89)49-22-13-27-81(49)60(92)46(28-36-14-3-2-4-15-36)77-56(88)48-21-12-26-80(48)59(91)40(65)31-50(66)83)58(90)76-45(29-37-32-71-41-17-6-5-16-39(37)41)55(87)75-42(18-7-9-23-63)52(84)74-44(20-11-25-70-62(67)68)53(85)73-43(19-8-10-24-64)54(86)78-47(61(93)94)30-38-33-69-34-72-38/h2-6,14-17,32-35,40,42-49,51,71,82H,7-13,18-31,63-65H2,1H3,(H2,66,83)(H,69,72)(H,73,85)(H,74,84)(H,75,87)(H,76,90)(H,77,88)(H,78,86)(H,79,89)(H,93,94)(H4,67,68,70)/t35-,40+,42+,43+,44+,45+,46+,47+,48+,49+,51+/m1/s1. The topological polar surface area (TPSA) is 532 Å². The van der Waals surface area contributed by atoms with Crippen LogP contribution in [0.2, 0.25) is 0 Å². The number of guanidine groups is 1. The SMILES string of the molecule is C[C@@H](O)[C@H](NC(=O)[C@@H]1CCCN1C(=O)[C@H](Cc1ccccc1)NC(=O)[C@@H]1CCCN1C(=O)[C@@H](N)CC(N)=O)C(=O)N[C@@H](Cc1c[nH]c2ccccc12)C(=O)N[C@@H](CCCCN)C(=O)N[C@@H](CCCN=C(N)N)C(=O)N[C@@H](CCCCN)C(=O)N[C@@H](Cc1cnc[nH]1)C(=O)O. The highest BCUT2D eigenvalue weighted by molar-refractivity contribution is 6.00. The molecule has 0 saturated carbocycles. The van der Waals surface area contributed by atoms with Gasteiger partial charge in [0.1, 0.15) is 54.4 Å². The van der Waals surface area contributed by atoms with E-state index in [4.69, 9.17) is 34.4 Å². The second-order valence-electron chi connectivity index (χ2n) is 23.6. The average Bonchev–Trinajstić information content (AvgIpc) is 1.58. The molecule has 0 spiro atoms. The van der Waals surface area contributed by atoms with Crippen LogP contribution in [0.3, 0.4) is 0 Å². The summed E-state index contributed by atoms with van der Waals surface area (Å²) in [5, 5.41) is 40.7. The van der Waals surface area contributed by atoms with Crippen molar-refractivity contribution in [2.24, 2.45) is 39.4 Å². The molecule has 2 aromatic carbocycles. The van der Waals surface area contributed by atoms with Gasteiger partial charge in [0.15, 0.2) is 5.96 Å². The number of nitrogens with zero attached hydrogens (tertiary/aromatic N) is 4. The molecule has 32 heteroatoms. The lowest BCUT2D eigenvalue weighted by atomic mass is 10.0. The number of aliphatic carboxylic acids is 1. The molecule has 94 heavy (non-hydrogen) atoms. The molecular weight excluding hydrogens is 1220 g/mol. The summed E-state index contributed by atoms with van der Waals surface area (Å²) in [6.45, 7) is 1.95. The summed E-state index contributed by atoms with van der Waals surface area (Å²) in [4.78, 5) is 170. The summed E-state index contributed by atoms with van der Waals surface area (Å²) in [7, 11) is 0. The van der Waals surface area contributed by atoms with E-state index < -0.39 is 138 Å². The Bertz CT molecular complexity index is 3250. The first-order chi connectivity index (χ1) is 45.0. The molecule has 10 amide bonds. The summed E-state index contributed by atoms with van der Waals surface area (Å²) in [5.41, 5.74) is 36.4. The lowest BCUT2D eigenvalue weighted by Gasteiger charge is -2.32. The Balaban J connectivity index is 1.23. The molecule has 0 radical (unpaired) electrons. The maximum atomic E-state index is 15.0. The van der Waals surface area contributed by atoms with E-state index in [1.54, 1.807) is 60.8 Å². The Hall–Kier alpha value is -9.53. The van der Waals surface area contributed by atoms with E-state index in [-0.39, 0.29) is 103 Å². The minimum Gasteiger partial charge on any atom is -0.480 e. The summed E-state index contributed by atoms with van der Waals surface area (Å²) in [6, 6.07) is 2.30. The lowest BCUT2D eigenvalue weighted by molar-refractivity contribution is -0.144. The number of aliphatic hydroxyl groups is 1. The molecule has 0 unspecified atom stereocenters. The van der Waals surface area contributed by atoms with Gasteiger partial charge in [0, 0.05) is 67.9 Å². The smallest absolute Gasteiger partial charge is 0.326 e. The third-order valence-corrected chi connectivity index (χ3v) is 16.4. The number of hydrogen-bond donors (Lipinski definition) is 17. The molecule has 23 N–H and O–H groups in total. The number of nitrogens with one attached hydrogen (secondary N) is 9. The molecule has 4 aromatic rings. The van der Waals surface area contributed by atoms with Crippen molar-refractivity contribution in [1.82, 2.24) is 62.0 Å². The molecule has 2 aliphatic rings. The van der Waals surface area contributed by atoms with Crippen LogP contribution in [0.15, 0.2) is 78.3 Å². The number of fused-ring (bicyclic) bond motifs is 1. The number of rotatable bonds is 38. The molecule has 0 bridgehead atoms. The number of amides is 10. The summed E-state index contributed by atoms with van der Waals surface area (Å²) in [6.07, 6.45) is 4.56. The van der Waals surface area contributed by atoms with Gasteiger partial charge in [0.2, 0.25) is 59.1 Å². The fourth-order valence-corrected chi connectivity index (χ4v) is 11.5. The summed E-state index contributed by atoms with van der Waals surface area (Å²) < 4.78 is 0. The predicted octanol–water partition coefficient (Wildman–Crippen LogP) is -3.73. The first-order valence-corrected chi connectivity index (χ1v) is 31.7. The normalized spacial score (nSPS) is 17.4. The minimum atomic E-state index is -1.75. The predicted molar refractivity (Wildman–Crippen MR) is 344 cm³/mol. The number of benzene rings is 2. The van der Waals surface area contributed by atoms with E-state index in [9.17, 15) is 63.0 Å². The highest BCUT2D eigenvalue weighted by Crippen LogP contribution is 2.24. The van der Waals surface area contributed by atoms with Gasteiger partial charge in [-0.2, -0.15) is 0 Å². The number of primary amides is 1. The number of aliphatic hydroxyl groups excluding tert-OH is 1. The van der Waals surface area contributed by atoms with Crippen molar-refractivity contribution in [3.63, 3.8) is 0 Å². The van der Waals surface area contributed by atoms with Crippen LogP contribution in [0, 0.1) is 0 Å². The van der Waals surface area contributed by atoms with Crippen molar-refractivity contribution < 1.29 is 63.0 Å². The van der Waals surface area contributed by atoms with Gasteiger partial charge in [-0.25, -0.2) is 9.78 Å². The van der Waals surface area contributed by atoms with Crippen molar-refractivity contribution in [2.45, 2.75) is 176 Å². The van der Waals surface area contributed by atoms with Crippen molar-refractivity contribution in [2.75, 3.05) is 32.7 Å². The summed E-state index contributed by atoms with van der Waals surface area (Å²) >= 11 is 0. The number of para-hydroxylation sites is 1. The zero-order valence-corrected chi connectivity index (χ0v) is 52.8. The summed E-state index contributed by atoms with van der Waals surface area (Å²) in [5.74, 6) is -9.63. The molecule has 11 atom stereocenters. The van der Waals surface area contributed by atoms with Crippen LogP contribution in [0.1, 0.15) is 107 Å². The number of carbonyl (C=O) groups is 11. The van der Waals surface area contributed by atoms with Gasteiger partial charge in [-0.05, 0) is 114 Å². The highest BCUT2D eigenvalue weighted by Gasteiger charge is 2.43.